The van der Waals surface area contributed by atoms with E-state index in [-0.39, 0.29) is 63.2 Å². The minimum absolute atomic E-state index is 0.00654. The Labute approximate surface area is 282 Å². The van der Waals surface area contributed by atoms with Gasteiger partial charge < -0.3 is 25.4 Å². The number of terminal acetylenes is 1. The molecule has 2 aromatic heterocycles. The summed E-state index contributed by atoms with van der Waals surface area (Å²) in [5.41, 5.74) is 0.116. The number of benzene rings is 2. The van der Waals surface area contributed by atoms with Crippen LogP contribution in [0.15, 0.2) is 36.2 Å². The van der Waals surface area contributed by atoms with Crippen molar-refractivity contribution in [2.45, 2.75) is 62.6 Å². The molecular weight excluding hydrogens is 631 g/mol. The lowest BCUT2D eigenvalue weighted by molar-refractivity contribution is 0.108. The molecule has 8 rings (SSSR count). The van der Waals surface area contributed by atoms with Crippen molar-refractivity contribution in [1.29, 1.82) is 0 Å². The number of ether oxygens (including phenoxy) is 1. The Morgan fingerprint density at radius 1 is 1.20 bits per heavy atom. The zero-order chi connectivity index (χ0) is 34.1. The Morgan fingerprint density at radius 2 is 2.06 bits per heavy atom. The van der Waals surface area contributed by atoms with Crippen molar-refractivity contribution in [2.75, 3.05) is 50.1 Å². The quantitative estimate of drug-likeness (QED) is 0.204. The summed E-state index contributed by atoms with van der Waals surface area (Å²) in [6.07, 6.45) is 11.8. The number of fused-ring (bicyclic) bond motifs is 5. The van der Waals surface area contributed by atoms with Crippen LogP contribution < -0.4 is 20.3 Å². The summed E-state index contributed by atoms with van der Waals surface area (Å²) in [5.74, 6) is 1.62. The maximum absolute atomic E-state index is 17.2. The number of phenols is 1. The van der Waals surface area contributed by atoms with Crippen LogP contribution in [-0.2, 0) is 0 Å². The smallest absolute Gasteiger partial charge is 0.319 e. The molecule has 4 aliphatic rings. The van der Waals surface area contributed by atoms with Gasteiger partial charge in [-0.15, -0.1) is 6.42 Å². The van der Waals surface area contributed by atoms with Gasteiger partial charge >= 0.3 is 6.01 Å². The third-order valence-electron chi connectivity index (χ3n) is 11.1. The maximum atomic E-state index is 17.2. The molecule has 0 saturated carbocycles. The molecule has 2 unspecified atom stereocenters. The van der Waals surface area contributed by atoms with Crippen molar-refractivity contribution in [1.82, 2.24) is 25.2 Å². The van der Waals surface area contributed by atoms with Gasteiger partial charge in [-0.3, -0.25) is 4.90 Å². The predicted octanol–water partition coefficient (Wildman–Crippen LogP) is 6.04. The number of piperazine rings is 1. The summed E-state index contributed by atoms with van der Waals surface area (Å²) < 4.78 is 52.2. The van der Waals surface area contributed by atoms with Gasteiger partial charge in [0.2, 0.25) is 0 Å². The van der Waals surface area contributed by atoms with E-state index >= 15 is 8.78 Å². The van der Waals surface area contributed by atoms with E-state index in [4.69, 9.17) is 21.1 Å². The van der Waals surface area contributed by atoms with Crippen molar-refractivity contribution in [2.24, 2.45) is 0 Å². The molecular formula is C37H38F3N7O2. The van der Waals surface area contributed by atoms with Gasteiger partial charge in [0.25, 0.3) is 0 Å². The molecule has 0 spiro atoms. The highest BCUT2D eigenvalue weighted by molar-refractivity contribution is 6.05. The number of aromatic hydroxyl groups is 1. The summed E-state index contributed by atoms with van der Waals surface area (Å²) in [6, 6.07) is 5.74. The lowest BCUT2D eigenvalue weighted by Crippen LogP contribution is -2.59. The Morgan fingerprint density at radius 3 is 2.84 bits per heavy atom. The molecule has 0 aliphatic carbocycles. The monoisotopic (exact) mass is 669 g/mol. The topological polar surface area (TPSA) is 98.7 Å². The summed E-state index contributed by atoms with van der Waals surface area (Å²) in [5, 5.41) is 18.7. The molecule has 4 fully saturated rings. The SMILES string of the molecule is C#Cc1c(F)ccc2cc(O)cc(-c3nc(NC)c4c(N5CC6CCC(CC)(C5)N6)nc(OC[C@@]56CCCN5C/C(=C/F)C6)nc4c3F)c12. The van der Waals surface area contributed by atoms with Gasteiger partial charge in [0.05, 0.1) is 22.8 Å². The molecule has 12 heteroatoms. The standard InChI is InChI=1S/C37H38F3N7O2/c1-4-25-27(39)8-7-22-13-24(48)14-26(28(22)25)31-30(40)32-29(33(41-3)42-31)34(46-18-23-9-11-36(5-2,19-46)45-23)44-35(43-32)49-20-37-10-6-12-47(37)17-21(15-37)16-38/h1,7-8,13-14,16,23,45,48H,5-6,9-12,15,17-20H2,2-3H3,(H,41,42)/b21-16+/t23?,36?,37-/m0/s1. The van der Waals surface area contributed by atoms with Crippen molar-refractivity contribution in [3.63, 3.8) is 0 Å². The van der Waals surface area contributed by atoms with Crippen LogP contribution in [0, 0.1) is 24.0 Å². The number of hydrogen-bond donors (Lipinski definition) is 3. The number of phenolic OH excluding ortho intramolecular Hbond substituents is 1. The third kappa shape index (κ3) is 5.05. The van der Waals surface area contributed by atoms with Gasteiger partial charge in [-0.05, 0) is 74.2 Å². The first-order chi connectivity index (χ1) is 23.7. The van der Waals surface area contributed by atoms with E-state index in [2.05, 4.69) is 38.3 Å². The molecule has 0 radical (unpaired) electrons. The van der Waals surface area contributed by atoms with Crippen LogP contribution in [0.3, 0.4) is 0 Å². The maximum Gasteiger partial charge on any atom is 0.319 e. The van der Waals surface area contributed by atoms with E-state index in [0.717, 1.165) is 44.2 Å². The average Bonchev–Trinajstić information content (AvgIpc) is 3.76. The van der Waals surface area contributed by atoms with Crippen LogP contribution in [-0.4, -0.2) is 81.9 Å². The second kappa shape index (κ2) is 11.8. The number of pyridine rings is 1. The van der Waals surface area contributed by atoms with E-state index in [1.165, 1.54) is 24.3 Å². The largest absolute Gasteiger partial charge is 0.508 e. The number of anilines is 2. The number of hydrogen-bond acceptors (Lipinski definition) is 9. The first kappa shape index (κ1) is 31.7. The number of halogens is 3. The van der Waals surface area contributed by atoms with E-state index in [0.29, 0.717) is 54.8 Å². The number of nitrogens with one attached hydrogen (secondary N) is 2. The molecule has 3 N–H and O–H groups in total. The van der Waals surface area contributed by atoms with Crippen LogP contribution >= 0.6 is 0 Å². The highest BCUT2D eigenvalue weighted by atomic mass is 19.1. The van der Waals surface area contributed by atoms with Crippen LogP contribution in [0.2, 0.25) is 0 Å². The van der Waals surface area contributed by atoms with Crippen LogP contribution in [0.4, 0.5) is 24.8 Å². The fourth-order valence-corrected chi connectivity index (χ4v) is 8.73. The fraction of sp³-hybridized carbons (Fsp3) is 0.432. The highest BCUT2D eigenvalue weighted by Gasteiger charge is 2.48. The second-order valence-electron chi connectivity index (χ2n) is 14.0. The van der Waals surface area contributed by atoms with Gasteiger partial charge in [0.15, 0.2) is 5.82 Å². The molecule has 4 saturated heterocycles. The molecule has 4 aromatic rings. The molecule has 0 amide bonds. The third-order valence-corrected chi connectivity index (χ3v) is 11.1. The Hall–Kier alpha value is -4.60. The number of rotatable bonds is 7. The summed E-state index contributed by atoms with van der Waals surface area (Å²) in [4.78, 5) is 18.8. The van der Waals surface area contributed by atoms with Crippen LogP contribution in [0.1, 0.15) is 51.0 Å². The van der Waals surface area contributed by atoms with Crippen molar-refractivity contribution >= 4 is 33.3 Å². The summed E-state index contributed by atoms with van der Waals surface area (Å²) >= 11 is 0. The summed E-state index contributed by atoms with van der Waals surface area (Å²) in [6.45, 7) is 5.10. The predicted molar refractivity (Wildman–Crippen MR) is 184 cm³/mol. The number of aromatic nitrogens is 3. The molecule has 9 nitrogen and oxygen atoms in total. The zero-order valence-corrected chi connectivity index (χ0v) is 27.5. The van der Waals surface area contributed by atoms with E-state index in [1.807, 2.05) is 0 Å². The molecule has 2 aromatic carbocycles. The van der Waals surface area contributed by atoms with Crippen molar-refractivity contribution in [3.8, 4) is 35.4 Å². The van der Waals surface area contributed by atoms with Crippen LogP contribution in [0.5, 0.6) is 11.8 Å². The molecule has 6 heterocycles. The van der Waals surface area contributed by atoms with E-state index in [1.54, 1.807) is 7.05 Å². The molecule has 254 valence electrons. The van der Waals surface area contributed by atoms with Gasteiger partial charge in [0, 0.05) is 49.2 Å². The van der Waals surface area contributed by atoms with Gasteiger partial charge in [-0.25, -0.2) is 18.2 Å². The first-order valence-corrected chi connectivity index (χ1v) is 16.9. The van der Waals surface area contributed by atoms with E-state index < -0.39 is 11.6 Å². The first-order valence-electron chi connectivity index (χ1n) is 16.9. The Kier molecular flexibility index (Phi) is 7.61. The molecule has 49 heavy (non-hydrogen) atoms. The fourth-order valence-electron chi connectivity index (χ4n) is 8.73. The Balaban J connectivity index is 1.33. The van der Waals surface area contributed by atoms with Gasteiger partial charge in [0.1, 0.15) is 41.0 Å². The number of nitrogens with zero attached hydrogens (tertiary/aromatic N) is 5. The molecule has 3 atom stereocenters. The second-order valence-corrected chi connectivity index (χ2v) is 14.0. The highest BCUT2D eigenvalue weighted by Crippen LogP contribution is 2.45. The molecule has 2 bridgehead atoms. The van der Waals surface area contributed by atoms with Crippen molar-refractivity contribution in [3.05, 3.63) is 53.4 Å². The summed E-state index contributed by atoms with van der Waals surface area (Å²) in [7, 11) is 1.68. The normalized spacial score (nSPS) is 25.8. The minimum Gasteiger partial charge on any atom is -0.508 e. The van der Waals surface area contributed by atoms with Gasteiger partial charge in [-0.1, -0.05) is 18.9 Å². The van der Waals surface area contributed by atoms with Gasteiger partial charge in [-0.2, -0.15) is 9.97 Å². The van der Waals surface area contributed by atoms with Crippen LogP contribution in [0.25, 0.3) is 32.9 Å². The lowest BCUT2D eigenvalue weighted by Gasteiger charge is -2.42. The Bertz CT molecular complexity index is 2080. The zero-order valence-electron chi connectivity index (χ0n) is 27.5. The van der Waals surface area contributed by atoms with Crippen molar-refractivity contribution < 1.29 is 23.0 Å². The minimum atomic E-state index is -0.783. The average molecular weight is 670 g/mol. The lowest BCUT2D eigenvalue weighted by atomic mass is 9.93. The molecule has 4 aliphatic heterocycles. The van der Waals surface area contributed by atoms with E-state index in [9.17, 15) is 9.50 Å².